The molecule has 0 aliphatic heterocycles. The van der Waals surface area contributed by atoms with E-state index in [0.717, 1.165) is 6.92 Å². The van der Waals surface area contributed by atoms with Crippen molar-refractivity contribution in [2.75, 3.05) is 5.75 Å². The highest BCUT2D eigenvalue weighted by Gasteiger charge is 2.70. The maximum absolute atomic E-state index is 12.4. The van der Waals surface area contributed by atoms with Gasteiger partial charge in [-0.15, -0.1) is 0 Å². The highest BCUT2D eigenvalue weighted by atomic mass is 32.2. The number of carbonyl (C=O) groups excluding carboxylic acids is 1. The van der Waals surface area contributed by atoms with Gasteiger partial charge >= 0.3 is 12.4 Å². The molecule has 0 rings (SSSR count). The summed E-state index contributed by atoms with van der Waals surface area (Å²) in [6.07, 6.45) is -12.9. The highest BCUT2D eigenvalue weighted by molar-refractivity contribution is 8.13. The first-order valence-corrected chi connectivity index (χ1v) is 6.37. The maximum atomic E-state index is 12.4. The molecule has 0 aromatic heterocycles. The Kier molecular flexibility index (Phi) is 6.19. The van der Waals surface area contributed by atoms with Crippen molar-refractivity contribution < 1.29 is 36.2 Å². The fourth-order valence-electron chi connectivity index (χ4n) is 1.26. The molecule has 0 aromatic carbocycles. The van der Waals surface area contributed by atoms with E-state index in [9.17, 15) is 31.1 Å². The number of halogens is 6. The van der Waals surface area contributed by atoms with E-state index in [0.29, 0.717) is 23.9 Å². The quantitative estimate of drug-likeness (QED) is 0.789. The third kappa shape index (κ3) is 4.55. The average Bonchev–Trinajstić information content (AvgIpc) is 2.22. The van der Waals surface area contributed by atoms with Crippen LogP contribution in [0, 0.1) is 5.92 Å². The lowest BCUT2D eigenvalue weighted by Gasteiger charge is -2.33. The zero-order chi connectivity index (χ0) is 15.5. The average molecular weight is 312 g/mol. The summed E-state index contributed by atoms with van der Waals surface area (Å²) in [6, 6.07) is 0. The molecule has 0 saturated heterocycles. The van der Waals surface area contributed by atoms with Crippen molar-refractivity contribution in [2.45, 2.75) is 44.6 Å². The summed E-state index contributed by atoms with van der Waals surface area (Å²) in [5.41, 5.74) is -4.86. The number of alkyl halides is 6. The molecule has 114 valence electrons. The fraction of sp³-hybridized carbons (Fsp3) is 0.900. The van der Waals surface area contributed by atoms with Gasteiger partial charge in [-0.05, 0) is 6.42 Å². The van der Waals surface area contributed by atoms with Crippen LogP contribution in [0.4, 0.5) is 26.3 Å². The second-order valence-corrected chi connectivity index (χ2v) is 5.23. The van der Waals surface area contributed by atoms with E-state index in [-0.39, 0.29) is 0 Å². The van der Waals surface area contributed by atoms with Gasteiger partial charge in [0, 0.05) is 18.1 Å². The molecule has 19 heavy (non-hydrogen) atoms. The van der Waals surface area contributed by atoms with Crippen LogP contribution in [0.5, 0.6) is 0 Å². The Bertz CT molecular complexity index is 298. The topological polar surface area (TPSA) is 37.3 Å². The van der Waals surface area contributed by atoms with E-state index in [1.54, 1.807) is 6.92 Å². The Hall–Kier alpha value is -0.440. The van der Waals surface area contributed by atoms with E-state index in [4.69, 9.17) is 5.11 Å². The predicted octanol–water partition coefficient (Wildman–Crippen LogP) is 3.54. The monoisotopic (exact) mass is 312 g/mol. The third-order valence-corrected chi connectivity index (χ3v) is 3.69. The summed E-state index contributed by atoms with van der Waals surface area (Å²) < 4.78 is 74.3. The maximum Gasteiger partial charge on any atom is 0.426 e. The summed E-state index contributed by atoms with van der Waals surface area (Å²) in [6.45, 7) is 2.65. The minimum Gasteiger partial charge on any atom is -0.374 e. The Balaban J connectivity index is 5.01. The van der Waals surface area contributed by atoms with Crippen LogP contribution in [0.3, 0.4) is 0 Å². The molecule has 0 radical (unpaired) electrons. The molecule has 0 spiro atoms. The van der Waals surface area contributed by atoms with Crippen molar-refractivity contribution in [3.8, 4) is 0 Å². The first-order valence-electron chi connectivity index (χ1n) is 5.39. The van der Waals surface area contributed by atoms with E-state index < -0.39 is 35.4 Å². The van der Waals surface area contributed by atoms with Crippen molar-refractivity contribution in [3.63, 3.8) is 0 Å². The molecule has 1 N–H and O–H groups in total. The predicted molar refractivity (Wildman–Crippen MR) is 58.6 cm³/mol. The van der Waals surface area contributed by atoms with Gasteiger partial charge in [0.1, 0.15) is 0 Å². The molecule has 0 bridgehead atoms. The summed E-state index contributed by atoms with van der Waals surface area (Å²) in [5, 5.41) is 8.12. The molecule has 1 unspecified atom stereocenters. The molecule has 0 fully saturated rings. The van der Waals surface area contributed by atoms with Crippen LogP contribution >= 0.6 is 11.8 Å². The Morgan fingerprint density at radius 1 is 1.16 bits per heavy atom. The Morgan fingerprint density at radius 3 is 1.89 bits per heavy atom. The molecule has 1 atom stereocenters. The Morgan fingerprint density at radius 2 is 1.58 bits per heavy atom. The second-order valence-electron chi connectivity index (χ2n) is 4.13. The van der Waals surface area contributed by atoms with Crippen LogP contribution in [0.2, 0.25) is 0 Å². The van der Waals surface area contributed by atoms with Crippen molar-refractivity contribution in [3.05, 3.63) is 0 Å². The number of hydrogen-bond acceptors (Lipinski definition) is 3. The van der Waals surface area contributed by atoms with Crippen molar-refractivity contribution >= 4 is 16.9 Å². The van der Waals surface area contributed by atoms with E-state index in [1.165, 1.54) is 0 Å². The third-order valence-electron chi connectivity index (χ3n) is 2.39. The minimum absolute atomic E-state index is 0.305. The van der Waals surface area contributed by atoms with Gasteiger partial charge in [-0.3, -0.25) is 4.79 Å². The zero-order valence-electron chi connectivity index (χ0n) is 10.2. The van der Waals surface area contributed by atoms with Crippen molar-refractivity contribution in [2.24, 2.45) is 5.92 Å². The van der Waals surface area contributed by atoms with Crippen LogP contribution in [0.1, 0.15) is 26.7 Å². The smallest absolute Gasteiger partial charge is 0.374 e. The van der Waals surface area contributed by atoms with Gasteiger partial charge in [0.15, 0.2) is 5.12 Å². The standard InChI is InChI=1S/C10H14F6O2S/c1-3-4-19-7(17)6(2)5-8(18,9(11,12)13)10(14,15)16/h6,18H,3-5H2,1-2H3. The lowest BCUT2D eigenvalue weighted by Crippen LogP contribution is -2.58. The highest BCUT2D eigenvalue weighted by Crippen LogP contribution is 2.47. The molecule has 0 aromatic rings. The largest absolute Gasteiger partial charge is 0.426 e. The van der Waals surface area contributed by atoms with Crippen molar-refractivity contribution in [1.29, 1.82) is 0 Å². The number of carbonyl (C=O) groups is 1. The molecule has 0 aliphatic rings. The van der Waals surface area contributed by atoms with Gasteiger partial charge in [0.2, 0.25) is 0 Å². The number of hydrogen-bond donors (Lipinski definition) is 1. The zero-order valence-corrected chi connectivity index (χ0v) is 11.0. The Labute approximate surface area is 110 Å². The minimum atomic E-state index is -5.88. The van der Waals surface area contributed by atoms with Crippen LogP contribution in [-0.2, 0) is 4.79 Å². The van der Waals surface area contributed by atoms with Crippen LogP contribution in [0.15, 0.2) is 0 Å². The number of rotatable bonds is 5. The van der Waals surface area contributed by atoms with Crippen LogP contribution in [0.25, 0.3) is 0 Å². The lowest BCUT2D eigenvalue weighted by molar-refractivity contribution is -0.371. The lowest BCUT2D eigenvalue weighted by atomic mass is 9.90. The van der Waals surface area contributed by atoms with E-state index >= 15 is 0 Å². The summed E-state index contributed by atoms with van der Waals surface area (Å²) in [4.78, 5) is 11.4. The summed E-state index contributed by atoms with van der Waals surface area (Å²) in [7, 11) is 0. The molecule has 0 saturated carbocycles. The van der Waals surface area contributed by atoms with Gasteiger partial charge in [-0.25, -0.2) is 0 Å². The molecule has 0 aliphatic carbocycles. The normalized spacial score (nSPS) is 15.4. The molecule has 9 heteroatoms. The van der Waals surface area contributed by atoms with Crippen LogP contribution < -0.4 is 0 Å². The van der Waals surface area contributed by atoms with Gasteiger partial charge < -0.3 is 5.11 Å². The number of thioether (sulfide) groups is 1. The second kappa shape index (κ2) is 6.34. The van der Waals surface area contributed by atoms with E-state index in [1.807, 2.05) is 0 Å². The van der Waals surface area contributed by atoms with Gasteiger partial charge in [0.25, 0.3) is 5.60 Å². The summed E-state index contributed by atoms with van der Waals surface area (Å²) in [5.74, 6) is -1.25. The van der Waals surface area contributed by atoms with Gasteiger partial charge in [-0.2, -0.15) is 26.3 Å². The van der Waals surface area contributed by atoms with Crippen molar-refractivity contribution in [1.82, 2.24) is 0 Å². The number of aliphatic hydroxyl groups is 1. The molecule has 0 amide bonds. The van der Waals surface area contributed by atoms with E-state index in [2.05, 4.69) is 0 Å². The SMILES string of the molecule is CCCSC(=O)C(C)CC(O)(C(F)(F)F)C(F)(F)F. The van der Waals surface area contributed by atoms with Gasteiger partial charge in [-0.1, -0.05) is 25.6 Å². The van der Waals surface area contributed by atoms with Crippen LogP contribution in [-0.4, -0.2) is 33.9 Å². The van der Waals surface area contributed by atoms with Gasteiger partial charge in [0.05, 0.1) is 0 Å². The molecular weight excluding hydrogens is 298 g/mol. The first-order chi connectivity index (χ1) is 8.37. The molecular formula is C10H14F6O2S. The molecule has 0 heterocycles. The molecule has 2 nitrogen and oxygen atoms in total. The fourth-order valence-corrected chi connectivity index (χ4v) is 2.04. The first kappa shape index (κ1) is 18.6. The summed E-state index contributed by atoms with van der Waals surface area (Å²) >= 11 is 0.662.